The molecule has 2 aromatic carbocycles. The summed E-state index contributed by atoms with van der Waals surface area (Å²) in [7, 11) is 1.69. The monoisotopic (exact) mass is 394 g/mol. The van der Waals surface area contributed by atoms with Crippen LogP contribution >= 0.6 is 0 Å². The highest BCUT2D eigenvalue weighted by atomic mass is 16.5. The fourth-order valence-corrected chi connectivity index (χ4v) is 3.14. The highest BCUT2D eigenvalue weighted by Crippen LogP contribution is 2.28. The van der Waals surface area contributed by atoms with Gasteiger partial charge in [0.1, 0.15) is 11.5 Å². The Morgan fingerprint density at radius 1 is 1.21 bits per heavy atom. The number of aryl methyl sites for hydroxylation is 2. The number of hydrogen-bond acceptors (Lipinski definition) is 5. The number of nitrogens with two attached hydrogens (primary N) is 1. The van der Waals surface area contributed by atoms with E-state index in [0.717, 1.165) is 28.1 Å². The molecular weight excluding hydrogens is 372 g/mol. The minimum absolute atomic E-state index is 0.0262. The third-order valence-electron chi connectivity index (χ3n) is 4.65. The molecular formula is C21H22N4O4. The number of nitrogens with zero attached hydrogens (tertiary/aromatic N) is 1. The molecule has 8 heteroatoms. The number of hydrogen-bond donors (Lipinski definition) is 3. The van der Waals surface area contributed by atoms with Crippen molar-refractivity contribution in [2.75, 3.05) is 23.9 Å². The van der Waals surface area contributed by atoms with E-state index < -0.39 is 5.91 Å². The van der Waals surface area contributed by atoms with Crippen LogP contribution in [0.4, 0.5) is 11.4 Å². The standard InChI is InChI=1S/C11H12N2O3.C10H10N2O/c12-10(14)6-16-8-2-3-9-7(5-8)1-4-11(15)13-9;1-6-3-4-8-7(5-6)9(11)10(13)12(8)2/h2-3,5H,1,4,6H2,(H2,12,14)(H,13,15);3-5,11H,1-2H3. The lowest BCUT2D eigenvalue weighted by molar-refractivity contribution is -0.120. The summed E-state index contributed by atoms with van der Waals surface area (Å²) in [4.78, 5) is 34.6. The fraction of sp³-hybridized carbons (Fsp3) is 0.238. The van der Waals surface area contributed by atoms with Gasteiger partial charge in [-0.2, -0.15) is 0 Å². The second kappa shape index (κ2) is 8.14. The quantitative estimate of drug-likeness (QED) is 0.733. The predicted molar refractivity (Wildman–Crippen MR) is 109 cm³/mol. The summed E-state index contributed by atoms with van der Waals surface area (Å²) in [6.07, 6.45) is 1.17. The van der Waals surface area contributed by atoms with Crippen LogP contribution in [0.25, 0.3) is 0 Å². The summed E-state index contributed by atoms with van der Waals surface area (Å²) in [5.74, 6) is -0.112. The highest BCUT2D eigenvalue weighted by molar-refractivity contribution is 6.53. The number of primary amides is 1. The average Bonchev–Trinajstić information content (AvgIpc) is 2.90. The van der Waals surface area contributed by atoms with Gasteiger partial charge in [0.05, 0.1) is 5.69 Å². The van der Waals surface area contributed by atoms with Crippen molar-refractivity contribution in [2.45, 2.75) is 19.8 Å². The van der Waals surface area contributed by atoms with Crippen molar-refractivity contribution in [2.24, 2.45) is 5.73 Å². The molecule has 29 heavy (non-hydrogen) atoms. The van der Waals surface area contributed by atoms with Gasteiger partial charge in [-0.05, 0) is 49.2 Å². The first-order valence-corrected chi connectivity index (χ1v) is 9.08. The summed E-state index contributed by atoms with van der Waals surface area (Å²) in [5, 5.41) is 10.3. The number of benzene rings is 2. The number of likely N-dealkylation sites (N-methyl/N-ethyl adjacent to an activating group) is 1. The van der Waals surface area contributed by atoms with Crippen molar-refractivity contribution < 1.29 is 19.1 Å². The van der Waals surface area contributed by atoms with Gasteiger partial charge >= 0.3 is 0 Å². The molecule has 0 aromatic heterocycles. The molecule has 0 radical (unpaired) electrons. The lowest BCUT2D eigenvalue weighted by Crippen LogP contribution is -2.24. The number of fused-ring (bicyclic) bond motifs is 2. The van der Waals surface area contributed by atoms with E-state index in [9.17, 15) is 14.4 Å². The Hall–Kier alpha value is -3.68. The lowest BCUT2D eigenvalue weighted by Gasteiger charge is -2.17. The maximum atomic E-state index is 11.4. The molecule has 0 spiro atoms. The van der Waals surface area contributed by atoms with Gasteiger partial charge < -0.3 is 20.7 Å². The van der Waals surface area contributed by atoms with Crippen LogP contribution in [0.5, 0.6) is 5.75 Å². The fourth-order valence-electron chi connectivity index (χ4n) is 3.14. The number of nitrogens with one attached hydrogen (secondary N) is 2. The van der Waals surface area contributed by atoms with Crippen molar-refractivity contribution in [1.29, 1.82) is 5.41 Å². The maximum Gasteiger partial charge on any atom is 0.276 e. The first-order valence-electron chi connectivity index (χ1n) is 9.08. The van der Waals surface area contributed by atoms with Crippen LogP contribution in [0.15, 0.2) is 36.4 Å². The second-order valence-electron chi connectivity index (χ2n) is 6.88. The number of anilines is 2. The Labute approximate surface area is 168 Å². The van der Waals surface area contributed by atoms with Crippen LogP contribution in [-0.2, 0) is 20.8 Å². The Bertz CT molecular complexity index is 1020. The molecule has 3 amide bonds. The SMILES string of the molecule is Cc1ccc2c(c1)C(=N)C(=O)N2C.NC(=O)COc1ccc2c(c1)CCC(=O)N2. The minimum atomic E-state index is -0.508. The molecule has 0 atom stereocenters. The van der Waals surface area contributed by atoms with E-state index in [2.05, 4.69) is 5.32 Å². The molecule has 0 fully saturated rings. The van der Waals surface area contributed by atoms with Crippen molar-refractivity contribution in [3.63, 3.8) is 0 Å². The van der Waals surface area contributed by atoms with Crippen molar-refractivity contribution >= 4 is 34.8 Å². The van der Waals surface area contributed by atoms with E-state index >= 15 is 0 Å². The molecule has 2 aliphatic rings. The van der Waals surface area contributed by atoms with Gasteiger partial charge in [-0.15, -0.1) is 0 Å². The smallest absolute Gasteiger partial charge is 0.276 e. The van der Waals surface area contributed by atoms with Crippen molar-refractivity contribution in [3.05, 3.63) is 53.1 Å². The molecule has 0 unspecified atom stereocenters. The van der Waals surface area contributed by atoms with Crippen LogP contribution in [0, 0.1) is 12.3 Å². The Morgan fingerprint density at radius 3 is 2.69 bits per heavy atom. The largest absolute Gasteiger partial charge is 0.484 e. The van der Waals surface area contributed by atoms with Gasteiger partial charge in [-0.3, -0.25) is 19.8 Å². The lowest BCUT2D eigenvalue weighted by atomic mass is 10.0. The number of amides is 3. The van der Waals surface area contributed by atoms with Crippen LogP contribution < -0.4 is 20.7 Å². The molecule has 0 aliphatic carbocycles. The van der Waals surface area contributed by atoms with Gasteiger partial charge in [0, 0.05) is 24.7 Å². The first-order chi connectivity index (χ1) is 13.8. The minimum Gasteiger partial charge on any atom is -0.484 e. The summed E-state index contributed by atoms with van der Waals surface area (Å²) in [5.41, 5.74) is 9.55. The highest BCUT2D eigenvalue weighted by Gasteiger charge is 2.29. The number of carbonyl (C=O) groups is 3. The first kappa shape index (κ1) is 20.1. The average molecular weight is 394 g/mol. The Morgan fingerprint density at radius 2 is 1.97 bits per heavy atom. The van der Waals surface area contributed by atoms with Crippen molar-refractivity contribution in [1.82, 2.24) is 0 Å². The number of rotatable bonds is 3. The molecule has 150 valence electrons. The summed E-state index contributed by atoms with van der Waals surface area (Å²) in [6, 6.07) is 11.0. The zero-order chi connectivity index (χ0) is 21.1. The van der Waals surface area contributed by atoms with Crippen LogP contribution in [0.1, 0.15) is 23.1 Å². The molecule has 0 saturated heterocycles. The van der Waals surface area contributed by atoms with Gasteiger partial charge in [-0.25, -0.2) is 0 Å². The van der Waals surface area contributed by atoms with E-state index in [0.29, 0.717) is 18.6 Å². The van der Waals surface area contributed by atoms with Gasteiger partial charge in [0.15, 0.2) is 6.61 Å². The summed E-state index contributed by atoms with van der Waals surface area (Å²) < 4.78 is 5.17. The van der Waals surface area contributed by atoms with Gasteiger partial charge in [0.25, 0.3) is 11.8 Å². The Kier molecular flexibility index (Phi) is 5.63. The number of carbonyl (C=O) groups excluding carboxylic acids is 3. The zero-order valence-electron chi connectivity index (χ0n) is 16.2. The van der Waals surface area contributed by atoms with Crippen LogP contribution in [0.2, 0.25) is 0 Å². The molecule has 2 heterocycles. The maximum absolute atomic E-state index is 11.4. The van der Waals surface area contributed by atoms with E-state index in [1.54, 1.807) is 19.2 Å². The number of ether oxygens (including phenoxy) is 1. The molecule has 4 rings (SSSR count). The summed E-state index contributed by atoms with van der Waals surface area (Å²) in [6.45, 7) is 1.82. The van der Waals surface area contributed by atoms with Gasteiger partial charge in [0.2, 0.25) is 5.91 Å². The normalized spacial score (nSPS) is 14.4. The van der Waals surface area contributed by atoms with E-state index in [-0.39, 0.29) is 24.1 Å². The van der Waals surface area contributed by atoms with E-state index in [1.165, 1.54) is 4.90 Å². The summed E-state index contributed by atoms with van der Waals surface area (Å²) >= 11 is 0. The van der Waals surface area contributed by atoms with Crippen LogP contribution in [-0.4, -0.2) is 37.1 Å². The zero-order valence-corrected chi connectivity index (χ0v) is 16.2. The van der Waals surface area contributed by atoms with Gasteiger partial charge in [-0.1, -0.05) is 11.6 Å². The van der Waals surface area contributed by atoms with Crippen molar-refractivity contribution in [3.8, 4) is 5.75 Å². The van der Waals surface area contributed by atoms with Crippen LogP contribution in [0.3, 0.4) is 0 Å². The molecule has 8 nitrogen and oxygen atoms in total. The molecule has 2 aromatic rings. The third kappa shape index (κ3) is 4.43. The molecule has 0 bridgehead atoms. The predicted octanol–water partition coefficient (Wildman–Crippen LogP) is 1.77. The third-order valence-corrected chi connectivity index (χ3v) is 4.65. The Balaban J connectivity index is 0.000000169. The molecule has 4 N–H and O–H groups in total. The van der Waals surface area contributed by atoms with E-state index in [1.807, 2.05) is 31.2 Å². The molecule has 0 saturated carbocycles. The molecule has 2 aliphatic heterocycles. The van der Waals surface area contributed by atoms with E-state index in [4.69, 9.17) is 15.9 Å². The topological polar surface area (TPSA) is 126 Å². The second-order valence-corrected chi connectivity index (χ2v) is 6.88.